The van der Waals surface area contributed by atoms with Crippen molar-refractivity contribution in [3.8, 4) is 5.75 Å². The second-order valence-electron chi connectivity index (χ2n) is 3.31. The van der Waals surface area contributed by atoms with E-state index in [9.17, 15) is 10.1 Å². The van der Waals surface area contributed by atoms with E-state index in [2.05, 4.69) is 0 Å². The molecule has 1 rings (SSSR count). The number of hydrogen-bond donors (Lipinski definition) is 1. The van der Waals surface area contributed by atoms with Crippen LogP contribution in [0.25, 0.3) is 0 Å². The average molecular weight is 210 g/mol. The number of anilines is 1. The highest BCUT2D eigenvalue weighted by molar-refractivity contribution is 5.60. The van der Waals surface area contributed by atoms with E-state index in [0.29, 0.717) is 5.75 Å². The first-order chi connectivity index (χ1) is 7.04. The van der Waals surface area contributed by atoms with Crippen molar-refractivity contribution in [2.45, 2.75) is 26.4 Å². The number of nitro benzene ring substituents is 1. The lowest BCUT2D eigenvalue weighted by Crippen LogP contribution is -2.10. The van der Waals surface area contributed by atoms with E-state index in [0.717, 1.165) is 6.42 Å². The van der Waals surface area contributed by atoms with Crippen molar-refractivity contribution in [1.29, 1.82) is 0 Å². The van der Waals surface area contributed by atoms with E-state index in [4.69, 9.17) is 10.5 Å². The summed E-state index contributed by atoms with van der Waals surface area (Å²) in [5, 5.41) is 10.5. The highest BCUT2D eigenvalue weighted by atomic mass is 16.6. The monoisotopic (exact) mass is 210 g/mol. The molecule has 0 saturated carbocycles. The summed E-state index contributed by atoms with van der Waals surface area (Å²) in [5.41, 5.74) is 5.55. The topological polar surface area (TPSA) is 78.4 Å². The third kappa shape index (κ3) is 2.83. The molecule has 1 atom stereocenters. The molecule has 0 saturated heterocycles. The van der Waals surface area contributed by atoms with Crippen molar-refractivity contribution >= 4 is 11.4 Å². The molecule has 0 aliphatic rings. The molecule has 0 aliphatic carbocycles. The molecule has 0 aromatic heterocycles. The first-order valence-electron chi connectivity index (χ1n) is 4.75. The highest BCUT2D eigenvalue weighted by Gasteiger charge is 2.12. The number of hydrogen-bond acceptors (Lipinski definition) is 4. The number of nitrogens with zero attached hydrogens (tertiary/aromatic N) is 1. The fraction of sp³-hybridized carbons (Fsp3) is 0.400. The molecule has 5 heteroatoms. The maximum Gasteiger partial charge on any atom is 0.292 e. The summed E-state index contributed by atoms with van der Waals surface area (Å²) in [5.74, 6) is 0.562. The van der Waals surface area contributed by atoms with Gasteiger partial charge in [-0.3, -0.25) is 10.1 Å². The van der Waals surface area contributed by atoms with Crippen LogP contribution in [0.3, 0.4) is 0 Å². The number of rotatable bonds is 4. The third-order valence-corrected chi connectivity index (χ3v) is 2.11. The second kappa shape index (κ2) is 4.63. The van der Waals surface area contributed by atoms with Gasteiger partial charge in [0.05, 0.1) is 11.0 Å². The van der Waals surface area contributed by atoms with Crippen molar-refractivity contribution in [2.75, 3.05) is 5.73 Å². The molecule has 82 valence electrons. The zero-order valence-electron chi connectivity index (χ0n) is 8.77. The normalized spacial score (nSPS) is 12.1. The first kappa shape index (κ1) is 11.3. The van der Waals surface area contributed by atoms with Crippen LogP contribution in [0.1, 0.15) is 20.3 Å². The molecule has 1 aromatic rings. The minimum absolute atomic E-state index is 0.0749. The molecule has 0 spiro atoms. The highest BCUT2D eigenvalue weighted by Crippen LogP contribution is 2.26. The lowest BCUT2D eigenvalue weighted by atomic mass is 10.2. The minimum Gasteiger partial charge on any atom is -0.491 e. The lowest BCUT2D eigenvalue weighted by Gasteiger charge is -2.12. The van der Waals surface area contributed by atoms with Crippen LogP contribution in [0.5, 0.6) is 5.75 Å². The maximum atomic E-state index is 10.5. The predicted octanol–water partition coefficient (Wildman–Crippen LogP) is 2.35. The standard InChI is InChI=1S/C10H14N2O3/c1-3-7(2)15-8-4-5-10(12(13)14)9(11)6-8/h4-7H,3,11H2,1-2H3. The number of nitro groups is 1. The van der Waals surface area contributed by atoms with Crippen molar-refractivity contribution in [1.82, 2.24) is 0 Å². The van der Waals surface area contributed by atoms with Crippen LogP contribution in [0.15, 0.2) is 18.2 Å². The molecule has 1 unspecified atom stereocenters. The Hall–Kier alpha value is -1.78. The average Bonchev–Trinajstić information content (AvgIpc) is 2.17. The van der Waals surface area contributed by atoms with Gasteiger partial charge >= 0.3 is 0 Å². The van der Waals surface area contributed by atoms with Crippen LogP contribution in [0.2, 0.25) is 0 Å². The number of nitrogens with two attached hydrogens (primary N) is 1. The van der Waals surface area contributed by atoms with E-state index < -0.39 is 4.92 Å². The Morgan fingerprint density at radius 3 is 2.73 bits per heavy atom. The summed E-state index contributed by atoms with van der Waals surface area (Å²) in [7, 11) is 0. The molecule has 0 heterocycles. The zero-order valence-corrected chi connectivity index (χ0v) is 8.77. The van der Waals surface area contributed by atoms with Gasteiger partial charge in [0.2, 0.25) is 0 Å². The van der Waals surface area contributed by atoms with Gasteiger partial charge in [-0.15, -0.1) is 0 Å². The van der Waals surface area contributed by atoms with Gasteiger partial charge in [-0.05, 0) is 19.4 Å². The Labute approximate surface area is 88.0 Å². The van der Waals surface area contributed by atoms with Gasteiger partial charge in [-0.2, -0.15) is 0 Å². The smallest absolute Gasteiger partial charge is 0.292 e. The first-order valence-corrected chi connectivity index (χ1v) is 4.75. The number of nitrogen functional groups attached to an aromatic ring is 1. The number of benzene rings is 1. The maximum absolute atomic E-state index is 10.5. The van der Waals surface area contributed by atoms with Crippen LogP contribution in [0, 0.1) is 10.1 Å². The molecule has 0 amide bonds. The Morgan fingerprint density at radius 2 is 2.27 bits per heavy atom. The molecule has 15 heavy (non-hydrogen) atoms. The summed E-state index contributed by atoms with van der Waals surface area (Å²) in [6.07, 6.45) is 0.947. The van der Waals surface area contributed by atoms with Crippen molar-refractivity contribution in [3.63, 3.8) is 0 Å². The van der Waals surface area contributed by atoms with Crippen molar-refractivity contribution < 1.29 is 9.66 Å². The molecule has 0 radical (unpaired) electrons. The molecule has 0 bridgehead atoms. The van der Waals surface area contributed by atoms with Crippen molar-refractivity contribution in [2.24, 2.45) is 0 Å². The minimum atomic E-state index is -0.512. The molecule has 2 N–H and O–H groups in total. The van der Waals surface area contributed by atoms with Crippen LogP contribution in [-0.4, -0.2) is 11.0 Å². The predicted molar refractivity (Wildman–Crippen MR) is 57.9 cm³/mol. The summed E-state index contributed by atoms with van der Waals surface area (Å²) >= 11 is 0. The fourth-order valence-corrected chi connectivity index (χ4v) is 1.09. The van der Waals surface area contributed by atoms with Crippen LogP contribution >= 0.6 is 0 Å². The van der Waals surface area contributed by atoms with Gasteiger partial charge in [0.15, 0.2) is 0 Å². The Bertz CT molecular complexity index is 366. The van der Waals surface area contributed by atoms with Gasteiger partial charge in [-0.1, -0.05) is 6.92 Å². The summed E-state index contributed by atoms with van der Waals surface area (Å²) < 4.78 is 5.48. The third-order valence-electron chi connectivity index (χ3n) is 2.11. The van der Waals surface area contributed by atoms with E-state index >= 15 is 0 Å². The Balaban J connectivity index is 2.87. The van der Waals surface area contributed by atoms with Gasteiger partial charge in [0.25, 0.3) is 5.69 Å². The molecule has 0 aliphatic heterocycles. The zero-order chi connectivity index (χ0) is 11.4. The van der Waals surface area contributed by atoms with Gasteiger partial charge in [-0.25, -0.2) is 0 Å². The largest absolute Gasteiger partial charge is 0.491 e. The number of ether oxygens (including phenoxy) is 1. The van der Waals surface area contributed by atoms with Crippen LogP contribution in [-0.2, 0) is 0 Å². The van der Waals surface area contributed by atoms with E-state index in [1.54, 1.807) is 6.07 Å². The molecular formula is C10H14N2O3. The van der Waals surface area contributed by atoms with Gasteiger partial charge in [0, 0.05) is 12.1 Å². The quantitative estimate of drug-likeness (QED) is 0.470. The molecular weight excluding hydrogens is 196 g/mol. The summed E-state index contributed by atoms with van der Waals surface area (Å²) in [4.78, 5) is 9.98. The van der Waals surface area contributed by atoms with E-state index in [-0.39, 0.29) is 17.5 Å². The van der Waals surface area contributed by atoms with Crippen LogP contribution < -0.4 is 10.5 Å². The summed E-state index contributed by atoms with van der Waals surface area (Å²) in [6.45, 7) is 3.93. The fourth-order valence-electron chi connectivity index (χ4n) is 1.09. The SMILES string of the molecule is CCC(C)Oc1ccc([N+](=O)[O-])c(N)c1. The van der Waals surface area contributed by atoms with Gasteiger partial charge < -0.3 is 10.5 Å². The molecule has 0 fully saturated rings. The van der Waals surface area contributed by atoms with E-state index in [1.165, 1.54) is 12.1 Å². The Morgan fingerprint density at radius 1 is 1.60 bits per heavy atom. The van der Waals surface area contributed by atoms with Gasteiger partial charge in [0.1, 0.15) is 11.4 Å². The summed E-state index contributed by atoms with van der Waals surface area (Å²) in [6, 6.07) is 4.39. The van der Waals surface area contributed by atoms with Crippen LogP contribution in [0.4, 0.5) is 11.4 Å². The lowest BCUT2D eigenvalue weighted by molar-refractivity contribution is -0.383. The molecule has 1 aromatic carbocycles. The second-order valence-corrected chi connectivity index (χ2v) is 3.31. The molecule has 5 nitrogen and oxygen atoms in total. The Kier molecular flexibility index (Phi) is 3.49. The van der Waals surface area contributed by atoms with Crippen molar-refractivity contribution in [3.05, 3.63) is 28.3 Å². The van der Waals surface area contributed by atoms with E-state index in [1.807, 2.05) is 13.8 Å².